The first-order valence-electron chi connectivity index (χ1n) is 6.73. The van der Waals surface area contributed by atoms with Crippen LogP contribution in [0.25, 0.3) is 15.7 Å². The standard InChI is InChI=1S/C14H16N4O2S/c1-8(2)15-12(19)7-17-13(20)11-6-10-4-5-21-14(10)18(11)9(3)16-17/h4-6,8H,7H2,1-3H3,(H,15,19). The molecule has 0 atom stereocenters. The normalized spacial score (nSPS) is 11.6. The highest BCUT2D eigenvalue weighted by Gasteiger charge is 2.14. The van der Waals surface area contributed by atoms with E-state index in [0.717, 1.165) is 10.2 Å². The lowest BCUT2D eigenvalue weighted by molar-refractivity contribution is -0.122. The highest BCUT2D eigenvalue weighted by Crippen LogP contribution is 2.24. The van der Waals surface area contributed by atoms with Gasteiger partial charge in [-0.2, -0.15) is 5.10 Å². The molecule has 1 N–H and O–H groups in total. The van der Waals surface area contributed by atoms with Gasteiger partial charge in [-0.05, 0) is 38.3 Å². The van der Waals surface area contributed by atoms with Gasteiger partial charge in [-0.25, -0.2) is 4.68 Å². The third kappa shape index (κ3) is 2.33. The van der Waals surface area contributed by atoms with Crippen LogP contribution in [0.3, 0.4) is 0 Å². The second-order valence-electron chi connectivity index (χ2n) is 5.28. The number of rotatable bonds is 3. The molecule has 110 valence electrons. The third-order valence-corrected chi connectivity index (χ3v) is 4.11. The van der Waals surface area contributed by atoms with Gasteiger partial charge in [-0.15, -0.1) is 11.3 Å². The summed E-state index contributed by atoms with van der Waals surface area (Å²) in [6, 6.07) is 3.86. The summed E-state index contributed by atoms with van der Waals surface area (Å²) in [5.41, 5.74) is 0.310. The summed E-state index contributed by atoms with van der Waals surface area (Å²) in [7, 11) is 0. The van der Waals surface area contributed by atoms with E-state index in [1.807, 2.05) is 42.7 Å². The Morgan fingerprint density at radius 1 is 1.48 bits per heavy atom. The number of nitrogens with one attached hydrogen (secondary N) is 1. The van der Waals surface area contributed by atoms with E-state index in [2.05, 4.69) is 10.4 Å². The topological polar surface area (TPSA) is 68.4 Å². The molecule has 21 heavy (non-hydrogen) atoms. The summed E-state index contributed by atoms with van der Waals surface area (Å²) in [4.78, 5) is 25.3. The van der Waals surface area contributed by atoms with E-state index in [1.54, 1.807) is 11.3 Å². The van der Waals surface area contributed by atoms with Crippen LogP contribution >= 0.6 is 11.3 Å². The largest absolute Gasteiger partial charge is 0.352 e. The van der Waals surface area contributed by atoms with Crippen molar-refractivity contribution in [2.24, 2.45) is 0 Å². The number of hydrogen-bond acceptors (Lipinski definition) is 4. The molecule has 0 saturated heterocycles. The molecule has 0 aliphatic carbocycles. The van der Waals surface area contributed by atoms with E-state index in [1.165, 1.54) is 4.68 Å². The van der Waals surface area contributed by atoms with Gasteiger partial charge >= 0.3 is 0 Å². The fraction of sp³-hybridized carbons (Fsp3) is 0.357. The second kappa shape index (κ2) is 5.00. The Morgan fingerprint density at radius 3 is 2.95 bits per heavy atom. The fourth-order valence-corrected chi connectivity index (χ4v) is 3.35. The van der Waals surface area contributed by atoms with Gasteiger partial charge in [0.2, 0.25) is 5.91 Å². The molecule has 0 aliphatic rings. The van der Waals surface area contributed by atoms with Crippen LogP contribution < -0.4 is 10.9 Å². The van der Waals surface area contributed by atoms with Crippen LogP contribution in [-0.4, -0.2) is 26.1 Å². The summed E-state index contributed by atoms with van der Waals surface area (Å²) in [5, 5.41) is 10.0. The van der Waals surface area contributed by atoms with Crippen LogP contribution in [0.2, 0.25) is 0 Å². The Kier molecular flexibility index (Phi) is 3.29. The lowest BCUT2D eigenvalue weighted by atomic mass is 10.4. The van der Waals surface area contributed by atoms with Crippen molar-refractivity contribution in [1.82, 2.24) is 19.5 Å². The molecular weight excluding hydrogens is 288 g/mol. The minimum Gasteiger partial charge on any atom is -0.352 e. The predicted molar refractivity (Wildman–Crippen MR) is 82.9 cm³/mol. The number of hydrogen-bond donors (Lipinski definition) is 1. The molecule has 0 bridgehead atoms. The van der Waals surface area contributed by atoms with Gasteiger partial charge in [0.05, 0.1) is 0 Å². The van der Waals surface area contributed by atoms with Crippen molar-refractivity contribution >= 4 is 33.0 Å². The maximum atomic E-state index is 12.5. The van der Waals surface area contributed by atoms with Gasteiger partial charge in [0.1, 0.15) is 22.7 Å². The van der Waals surface area contributed by atoms with E-state index < -0.39 is 0 Å². The van der Waals surface area contributed by atoms with Crippen LogP contribution in [0.15, 0.2) is 22.3 Å². The summed E-state index contributed by atoms with van der Waals surface area (Å²) < 4.78 is 3.07. The highest BCUT2D eigenvalue weighted by molar-refractivity contribution is 7.16. The van der Waals surface area contributed by atoms with Gasteiger partial charge < -0.3 is 5.32 Å². The smallest absolute Gasteiger partial charge is 0.291 e. The summed E-state index contributed by atoms with van der Waals surface area (Å²) in [5.74, 6) is 0.483. The zero-order chi connectivity index (χ0) is 15.1. The molecule has 3 aromatic heterocycles. The molecule has 0 radical (unpaired) electrons. The molecule has 7 heteroatoms. The average Bonchev–Trinajstić information content (AvgIpc) is 2.94. The number of aromatic nitrogens is 3. The number of thiophene rings is 1. The monoisotopic (exact) mass is 304 g/mol. The maximum Gasteiger partial charge on any atom is 0.291 e. The Labute approximate surface area is 125 Å². The summed E-state index contributed by atoms with van der Waals surface area (Å²) in [6.07, 6.45) is 0. The van der Waals surface area contributed by atoms with Gasteiger partial charge in [0, 0.05) is 11.4 Å². The highest BCUT2D eigenvalue weighted by atomic mass is 32.1. The number of aryl methyl sites for hydroxylation is 1. The van der Waals surface area contributed by atoms with Crippen LogP contribution in [0.1, 0.15) is 19.7 Å². The zero-order valence-corrected chi connectivity index (χ0v) is 12.9. The quantitative estimate of drug-likeness (QED) is 0.798. The fourth-order valence-electron chi connectivity index (χ4n) is 2.41. The number of fused-ring (bicyclic) bond motifs is 3. The Balaban J connectivity index is 2.11. The van der Waals surface area contributed by atoms with Gasteiger partial charge in [-0.1, -0.05) is 0 Å². The minimum absolute atomic E-state index is 0.0386. The molecule has 0 aromatic carbocycles. The molecule has 0 fully saturated rings. The first kappa shape index (κ1) is 13.8. The number of carbonyl (C=O) groups is 1. The van der Waals surface area contributed by atoms with Crippen molar-refractivity contribution in [2.45, 2.75) is 33.4 Å². The summed E-state index contributed by atoms with van der Waals surface area (Å²) in [6.45, 7) is 5.53. The first-order valence-corrected chi connectivity index (χ1v) is 7.61. The molecule has 0 unspecified atom stereocenters. The molecular formula is C14H16N4O2S. The van der Waals surface area contributed by atoms with Crippen LogP contribution in [0, 0.1) is 6.92 Å². The second-order valence-corrected chi connectivity index (χ2v) is 6.17. The van der Waals surface area contributed by atoms with Crippen molar-refractivity contribution in [2.75, 3.05) is 0 Å². The molecule has 0 spiro atoms. The van der Waals surface area contributed by atoms with Crippen LogP contribution in [0.5, 0.6) is 0 Å². The Morgan fingerprint density at radius 2 is 2.24 bits per heavy atom. The number of amides is 1. The SMILES string of the molecule is Cc1nn(CC(=O)NC(C)C)c(=O)c2cc3ccsc3n12. The number of nitrogens with zero attached hydrogens (tertiary/aromatic N) is 3. The van der Waals surface area contributed by atoms with E-state index in [-0.39, 0.29) is 24.1 Å². The van der Waals surface area contributed by atoms with E-state index in [4.69, 9.17) is 0 Å². The van der Waals surface area contributed by atoms with Crippen LogP contribution in [-0.2, 0) is 11.3 Å². The summed E-state index contributed by atoms with van der Waals surface area (Å²) >= 11 is 1.57. The molecule has 0 aliphatic heterocycles. The third-order valence-electron chi connectivity index (χ3n) is 3.20. The molecule has 0 saturated carbocycles. The molecule has 6 nitrogen and oxygen atoms in total. The maximum absolute atomic E-state index is 12.5. The van der Waals surface area contributed by atoms with Gasteiger partial charge in [0.15, 0.2) is 0 Å². The first-order chi connectivity index (χ1) is 9.97. The molecule has 3 rings (SSSR count). The predicted octanol–water partition coefficient (Wildman–Crippen LogP) is 1.54. The minimum atomic E-state index is -0.247. The number of carbonyl (C=O) groups excluding carboxylic acids is 1. The Bertz CT molecular complexity index is 888. The molecule has 1 amide bonds. The van der Waals surface area contributed by atoms with Gasteiger partial charge in [0.25, 0.3) is 5.56 Å². The van der Waals surface area contributed by atoms with Crippen molar-refractivity contribution < 1.29 is 4.79 Å². The van der Waals surface area contributed by atoms with Crippen molar-refractivity contribution in [3.05, 3.63) is 33.7 Å². The lowest BCUT2D eigenvalue weighted by Gasteiger charge is -2.10. The molecule has 3 heterocycles. The zero-order valence-electron chi connectivity index (χ0n) is 12.1. The lowest BCUT2D eigenvalue weighted by Crippen LogP contribution is -2.37. The van der Waals surface area contributed by atoms with E-state index in [9.17, 15) is 9.59 Å². The van der Waals surface area contributed by atoms with Crippen LogP contribution in [0.4, 0.5) is 0 Å². The average molecular weight is 304 g/mol. The van der Waals surface area contributed by atoms with E-state index >= 15 is 0 Å². The van der Waals surface area contributed by atoms with E-state index in [0.29, 0.717) is 11.3 Å². The van der Waals surface area contributed by atoms with Gasteiger partial charge in [-0.3, -0.25) is 14.0 Å². The Hall–Kier alpha value is -2.15. The molecule has 3 aromatic rings. The van der Waals surface area contributed by atoms with Crippen molar-refractivity contribution in [3.63, 3.8) is 0 Å². The van der Waals surface area contributed by atoms with Crippen molar-refractivity contribution in [1.29, 1.82) is 0 Å². The van der Waals surface area contributed by atoms with Crippen molar-refractivity contribution in [3.8, 4) is 0 Å².